The van der Waals surface area contributed by atoms with Crippen LogP contribution in [-0.4, -0.2) is 45.0 Å². The van der Waals surface area contributed by atoms with Crippen LogP contribution in [0, 0.1) is 0 Å². The Hall–Kier alpha value is -3.13. The Morgan fingerprint density at radius 3 is 2.27 bits per heavy atom. The maximum absolute atomic E-state index is 11.9. The van der Waals surface area contributed by atoms with Crippen molar-refractivity contribution in [2.45, 2.75) is 6.92 Å². The molecule has 1 aromatic carbocycles. The Bertz CT molecular complexity index is 677. The maximum Gasteiger partial charge on any atom is 0.379 e. The average Bonchev–Trinajstić information content (AvgIpc) is 2.62. The smallest absolute Gasteiger partial charge is 0.379 e. The van der Waals surface area contributed by atoms with E-state index in [1.807, 2.05) is 19.0 Å². The molecule has 1 aromatic rings. The molecule has 8 nitrogen and oxygen atoms in total. The molecule has 0 fully saturated rings. The lowest BCUT2D eigenvalue weighted by Crippen LogP contribution is -2.20. The van der Waals surface area contributed by atoms with Crippen LogP contribution in [0.5, 0.6) is 0 Å². The molecule has 0 radical (unpaired) electrons. The molecular weight excluding hydrogens is 342 g/mol. The number of esters is 2. The summed E-state index contributed by atoms with van der Waals surface area (Å²) in [6.07, 6.45) is 1.96. The van der Waals surface area contributed by atoms with Crippen molar-refractivity contribution in [2.75, 3.05) is 32.2 Å². The minimum atomic E-state index is -0.989. The predicted octanol–water partition coefficient (Wildman–Crippen LogP) is 2.02. The van der Waals surface area contributed by atoms with Gasteiger partial charge in [0.05, 0.1) is 0 Å². The first-order chi connectivity index (χ1) is 12.3. The number of carbonyl (C=O) groups excluding carboxylic acids is 3. The lowest BCUT2D eigenvalue weighted by Gasteiger charge is -2.12. The summed E-state index contributed by atoms with van der Waals surface area (Å²) in [6, 6.07) is 6.56. The molecule has 0 saturated heterocycles. The summed E-state index contributed by atoms with van der Waals surface area (Å²) in [5.41, 5.74) is 1.38. The van der Waals surface area contributed by atoms with Crippen LogP contribution in [0.3, 0.4) is 0 Å². The van der Waals surface area contributed by atoms with E-state index in [1.54, 1.807) is 24.3 Å². The minimum absolute atomic E-state index is 0.114. The SMILES string of the molecule is C=C(C)C(=O)OC=COOCCOC(=O)C(=O)c1ccc(N(C)C)cc1. The summed E-state index contributed by atoms with van der Waals surface area (Å²) >= 11 is 0. The van der Waals surface area contributed by atoms with E-state index in [-0.39, 0.29) is 24.4 Å². The van der Waals surface area contributed by atoms with Crippen LogP contribution in [0.2, 0.25) is 0 Å². The summed E-state index contributed by atoms with van der Waals surface area (Å²) in [5, 5.41) is 0. The molecule has 0 N–H and O–H groups in total. The molecule has 26 heavy (non-hydrogen) atoms. The van der Waals surface area contributed by atoms with Crippen LogP contribution in [-0.2, 0) is 28.8 Å². The van der Waals surface area contributed by atoms with Crippen LogP contribution >= 0.6 is 0 Å². The number of carbonyl (C=O) groups is 3. The van der Waals surface area contributed by atoms with Gasteiger partial charge >= 0.3 is 11.9 Å². The monoisotopic (exact) mass is 363 g/mol. The molecular formula is C18H21NO7. The third-order valence-corrected chi connectivity index (χ3v) is 2.93. The zero-order chi connectivity index (χ0) is 19.5. The molecule has 8 heteroatoms. The zero-order valence-corrected chi connectivity index (χ0v) is 14.9. The number of hydrogen-bond donors (Lipinski definition) is 0. The van der Waals surface area contributed by atoms with E-state index in [9.17, 15) is 14.4 Å². The van der Waals surface area contributed by atoms with Crippen LogP contribution < -0.4 is 4.90 Å². The Labute approximate surface area is 151 Å². The molecule has 0 atom stereocenters. The number of nitrogens with zero attached hydrogens (tertiary/aromatic N) is 1. The van der Waals surface area contributed by atoms with Gasteiger partial charge in [-0.25, -0.2) is 9.59 Å². The molecule has 0 aliphatic rings. The fourth-order valence-corrected chi connectivity index (χ4v) is 1.56. The number of Topliss-reactive ketones (excluding diaryl/α,β-unsaturated/α-hetero) is 1. The van der Waals surface area contributed by atoms with Crippen molar-refractivity contribution in [2.24, 2.45) is 0 Å². The van der Waals surface area contributed by atoms with Gasteiger partial charge in [-0.1, -0.05) is 6.58 Å². The Morgan fingerprint density at radius 1 is 1.04 bits per heavy atom. The maximum atomic E-state index is 11.9. The first-order valence-corrected chi connectivity index (χ1v) is 7.61. The van der Waals surface area contributed by atoms with E-state index >= 15 is 0 Å². The summed E-state index contributed by atoms with van der Waals surface area (Å²) in [4.78, 5) is 45.7. The summed E-state index contributed by atoms with van der Waals surface area (Å²) in [5.74, 6) is -2.34. The second-order valence-corrected chi connectivity index (χ2v) is 5.28. The van der Waals surface area contributed by atoms with Crippen molar-refractivity contribution in [1.29, 1.82) is 0 Å². The third kappa shape index (κ3) is 7.18. The molecule has 0 heterocycles. The van der Waals surface area contributed by atoms with Crippen molar-refractivity contribution in [1.82, 2.24) is 0 Å². The van der Waals surface area contributed by atoms with Gasteiger partial charge in [-0.15, -0.1) is 0 Å². The van der Waals surface area contributed by atoms with E-state index in [0.29, 0.717) is 0 Å². The number of anilines is 1. The lowest BCUT2D eigenvalue weighted by atomic mass is 10.1. The lowest BCUT2D eigenvalue weighted by molar-refractivity contribution is -0.255. The fourth-order valence-electron chi connectivity index (χ4n) is 1.56. The number of benzene rings is 1. The van der Waals surface area contributed by atoms with Crippen molar-refractivity contribution < 1.29 is 33.6 Å². The average molecular weight is 363 g/mol. The van der Waals surface area contributed by atoms with Crippen molar-refractivity contribution >= 4 is 23.4 Å². The van der Waals surface area contributed by atoms with Crippen LogP contribution in [0.4, 0.5) is 5.69 Å². The number of hydrogen-bond acceptors (Lipinski definition) is 8. The predicted molar refractivity (Wildman–Crippen MR) is 93.1 cm³/mol. The molecule has 0 unspecified atom stereocenters. The van der Waals surface area contributed by atoms with E-state index in [0.717, 1.165) is 18.2 Å². The summed E-state index contributed by atoms with van der Waals surface area (Å²) in [6.45, 7) is 4.61. The fraction of sp³-hybridized carbons (Fsp3) is 0.278. The van der Waals surface area contributed by atoms with E-state index in [2.05, 4.69) is 21.1 Å². The quantitative estimate of drug-likeness (QED) is 0.0911. The minimum Gasteiger partial charge on any atom is -0.457 e. The van der Waals surface area contributed by atoms with Gasteiger partial charge in [-0.3, -0.25) is 4.79 Å². The molecule has 140 valence electrons. The largest absolute Gasteiger partial charge is 0.457 e. The van der Waals surface area contributed by atoms with E-state index in [1.165, 1.54) is 6.92 Å². The molecule has 1 rings (SSSR count). The summed E-state index contributed by atoms with van der Waals surface area (Å²) in [7, 11) is 3.74. The highest BCUT2D eigenvalue weighted by Crippen LogP contribution is 2.13. The highest BCUT2D eigenvalue weighted by Gasteiger charge is 2.17. The van der Waals surface area contributed by atoms with Gasteiger partial charge < -0.3 is 19.3 Å². The molecule has 0 spiro atoms. The number of rotatable bonds is 10. The van der Waals surface area contributed by atoms with Crippen LogP contribution in [0.1, 0.15) is 17.3 Å². The van der Waals surface area contributed by atoms with Crippen molar-refractivity contribution in [3.8, 4) is 0 Å². The second kappa shape index (κ2) is 10.7. The highest BCUT2D eigenvalue weighted by molar-refractivity contribution is 6.40. The number of ether oxygens (including phenoxy) is 2. The standard InChI is InChI=1S/C18H21NO7/c1-13(2)17(21)23-9-11-25-26-12-10-24-18(22)16(20)14-5-7-15(8-6-14)19(3)4/h5-9,11H,1,10,12H2,2-4H3. The van der Waals surface area contributed by atoms with Gasteiger partial charge in [0.1, 0.15) is 19.5 Å². The van der Waals surface area contributed by atoms with E-state index in [4.69, 9.17) is 4.74 Å². The molecule has 0 aromatic heterocycles. The van der Waals surface area contributed by atoms with Crippen LogP contribution in [0.25, 0.3) is 0 Å². The van der Waals surface area contributed by atoms with Crippen molar-refractivity contribution in [3.05, 3.63) is 54.5 Å². The molecule has 0 amide bonds. The Morgan fingerprint density at radius 2 is 1.69 bits per heavy atom. The van der Waals surface area contributed by atoms with Gasteiger partial charge in [-0.2, -0.15) is 4.89 Å². The molecule has 0 saturated carbocycles. The van der Waals surface area contributed by atoms with Crippen LogP contribution in [0.15, 0.2) is 48.9 Å². The summed E-state index contributed by atoms with van der Waals surface area (Å²) < 4.78 is 9.38. The Kier molecular flexibility index (Phi) is 8.59. The van der Waals surface area contributed by atoms with Gasteiger partial charge in [0.25, 0.3) is 5.78 Å². The Balaban J connectivity index is 2.25. The topological polar surface area (TPSA) is 91.4 Å². The van der Waals surface area contributed by atoms with Gasteiger partial charge in [0, 0.05) is 30.9 Å². The molecule has 0 aliphatic carbocycles. The van der Waals surface area contributed by atoms with Gasteiger partial charge in [0.2, 0.25) is 0 Å². The second-order valence-electron chi connectivity index (χ2n) is 5.28. The normalized spacial score (nSPS) is 10.3. The van der Waals surface area contributed by atoms with E-state index < -0.39 is 17.7 Å². The highest BCUT2D eigenvalue weighted by atomic mass is 17.2. The first-order valence-electron chi connectivity index (χ1n) is 7.61. The number of ketones is 1. The van der Waals surface area contributed by atoms with Gasteiger partial charge in [0.15, 0.2) is 6.26 Å². The molecule has 0 bridgehead atoms. The van der Waals surface area contributed by atoms with Gasteiger partial charge in [-0.05, 0) is 31.2 Å². The van der Waals surface area contributed by atoms with Crippen molar-refractivity contribution in [3.63, 3.8) is 0 Å². The first kappa shape index (κ1) is 20.9. The molecule has 0 aliphatic heterocycles. The zero-order valence-electron chi connectivity index (χ0n) is 14.9. The third-order valence-electron chi connectivity index (χ3n) is 2.93.